The fraction of sp³-hybridized carbons (Fsp3) is 0.500. The Bertz CT molecular complexity index is 379. The van der Waals surface area contributed by atoms with Gasteiger partial charge in [-0.25, -0.2) is 4.79 Å². The van der Waals surface area contributed by atoms with Gasteiger partial charge in [0, 0.05) is 26.7 Å². The molecule has 19 heavy (non-hydrogen) atoms. The third-order valence-corrected chi connectivity index (χ3v) is 2.82. The number of aliphatic hydroxyl groups is 1. The van der Waals surface area contributed by atoms with Crippen LogP contribution >= 0.6 is 0 Å². The Morgan fingerprint density at radius 1 is 1.32 bits per heavy atom. The van der Waals surface area contributed by atoms with Gasteiger partial charge in [0.25, 0.3) is 0 Å². The van der Waals surface area contributed by atoms with Crippen molar-refractivity contribution in [3.05, 3.63) is 35.4 Å². The second-order valence-corrected chi connectivity index (χ2v) is 4.21. The third-order valence-electron chi connectivity index (χ3n) is 2.82. The maximum Gasteiger partial charge on any atom is 0.317 e. The number of nitrogens with zero attached hydrogens (tertiary/aromatic N) is 1. The Labute approximate surface area is 114 Å². The maximum absolute atomic E-state index is 11.8. The molecular weight excluding hydrogens is 244 g/mol. The summed E-state index contributed by atoms with van der Waals surface area (Å²) < 4.78 is 5.04. The molecular formula is C14H22N2O3. The summed E-state index contributed by atoms with van der Waals surface area (Å²) in [6.07, 6.45) is 0. The van der Waals surface area contributed by atoms with Gasteiger partial charge in [-0.15, -0.1) is 0 Å². The fourth-order valence-electron chi connectivity index (χ4n) is 1.73. The number of hydrogen-bond donors (Lipinski definition) is 2. The predicted octanol–water partition coefficient (Wildman–Crippen LogP) is 1.36. The molecule has 0 saturated heterocycles. The molecule has 0 saturated carbocycles. The Balaban J connectivity index is 2.45. The van der Waals surface area contributed by atoms with Crippen molar-refractivity contribution in [1.29, 1.82) is 0 Å². The number of nitrogens with one attached hydrogen (secondary N) is 1. The quantitative estimate of drug-likeness (QED) is 0.783. The second kappa shape index (κ2) is 8.50. The number of benzene rings is 1. The van der Waals surface area contributed by atoms with E-state index in [1.807, 2.05) is 31.2 Å². The molecule has 0 aliphatic rings. The lowest BCUT2D eigenvalue weighted by molar-refractivity contribution is 0.180. The van der Waals surface area contributed by atoms with E-state index in [1.54, 1.807) is 12.0 Å². The van der Waals surface area contributed by atoms with Crippen LogP contribution in [0.25, 0.3) is 0 Å². The van der Waals surface area contributed by atoms with E-state index in [0.717, 1.165) is 11.1 Å². The van der Waals surface area contributed by atoms with E-state index in [1.165, 1.54) is 0 Å². The molecule has 1 aromatic carbocycles. The third kappa shape index (κ3) is 5.28. The normalized spacial score (nSPS) is 10.3. The first kappa shape index (κ1) is 15.5. The lowest BCUT2D eigenvalue weighted by atomic mass is 10.1. The molecule has 0 unspecified atom stereocenters. The zero-order chi connectivity index (χ0) is 14.1. The number of likely N-dealkylation sites (N-methyl/N-ethyl adjacent to an activating group) is 1. The summed E-state index contributed by atoms with van der Waals surface area (Å²) in [5.41, 5.74) is 2.14. The summed E-state index contributed by atoms with van der Waals surface area (Å²) in [6, 6.07) is 7.75. The highest BCUT2D eigenvalue weighted by atomic mass is 16.5. The van der Waals surface area contributed by atoms with Gasteiger partial charge in [-0.05, 0) is 18.1 Å². The number of aliphatic hydroxyl groups excluding tert-OH is 1. The minimum atomic E-state index is -0.155. The molecule has 0 aliphatic heterocycles. The smallest absolute Gasteiger partial charge is 0.317 e. The Kier molecular flexibility index (Phi) is 6.92. The molecule has 0 radical (unpaired) electrons. The Hall–Kier alpha value is -1.59. The van der Waals surface area contributed by atoms with E-state index >= 15 is 0 Å². The molecule has 5 heteroatoms. The number of amides is 2. The predicted molar refractivity (Wildman–Crippen MR) is 73.7 cm³/mol. The van der Waals surface area contributed by atoms with Crippen molar-refractivity contribution in [1.82, 2.24) is 10.2 Å². The Morgan fingerprint density at radius 3 is 2.47 bits per heavy atom. The van der Waals surface area contributed by atoms with Crippen molar-refractivity contribution in [2.45, 2.75) is 20.1 Å². The molecule has 0 heterocycles. The van der Waals surface area contributed by atoms with Gasteiger partial charge in [0.15, 0.2) is 0 Å². The van der Waals surface area contributed by atoms with Crippen LogP contribution in [0.1, 0.15) is 18.1 Å². The number of carbonyl (C=O) groups excluding carboxylic acids is 1. The molecule has 0 atom stereocenters. The molecule has 1 aromatic rings. The molecule has 0 fully saturated rings. The van der Waals surface area contributed by atoms with Gasteiger partial charge < -0.3 is 20.1 Å². The minimum Gasteiger partial charge on any atom is -0.395 e. The van der Waals surface area contributed by atoms with Crippen molar-refractivity contribution in [2.24, 2.45) is 0 Å². The Morgan fingerprint density at radius 2 is 1.95 bits per heavy atom. The van der Waals surface area contributed by atoms with Crippen LogP contribution in [0, 0.1) is 0 Å². The van der Waals surface area contributed by atoms with Gasteiger partial charge in [-0.2, -0.15) is 0 Å². The van der Waals surface area contributed by atoms with Crippen LogP contribution < -0.4 is 5.32 Å². The van der Waals surface area contributed by atoms with Crippen LogP contribution in [0.5, 0.6) is 0 Å². The van der Waals surface area contributed by atoms with Gasteiger partial charge in [0.1, 0.15) is 0 Å². The highest BCUT2D eigenvalue weighted by Gasteiger charge is 2.09. The molecule has 0 aromatic heterocycles. The van der Waals surface area contributed by atoms with Crippen LogP contribution in [0.3, 0.4) is 0 Å². The van der Waals surface area contributed by atoms with Crippen molar-refractivity contribution in [3.63, 3.8) is 0 Å². The average molecular weight is 266 g/mol. The van der Waals surface area contributed by atoms with Gasteiger partial charge >= 0.3 is 6.03 Å². The molecule has 2 amide bonds. The first-order valence-corrected chi connectivity index (χ1v) is 6.41. The molecule has 5 nitrogen and oxygen atoms in total. The summed E-state index contributed by atoms with van der Waals surface area (Å²) in [4.78, 5) is 13.4. The van der Waals surface area contributed by atoms with Crippen molar-refractivity contribution in [3.8, 4) is 0 Å². The maximum atomic E-state index is 11.8. The number of methoxy groups -OCH3 is 1. The monoisotopic (exact) mass is 266 g/mol. The molecule has 0 bridgehead atoms. The van der Waals surface area contributed by atoms with E-state index in [9.17, 15) is 4.79 Å². The summed E-state index contributed by atoms with van der Waals surface area (Å²) >= 11 is 0. The van der Waals surface area contributed by atoms with Gasteiger partial charge in [0.2, 0.25) is 0 Å². The number of urea groups is 1. The van der Waals surface area contributed by atoms with Crippen LogP contribution in [0.2, 0.25) is 0 Å². The van der Waals surface area contributed by atoms with E-state index in [2.05, 4.69) is 5.32 Å². The zero-order valence-corrected chi connectivity index (χ0v) is 11.6. The zero-order valence-electron chi connectivity index (χ0n) is 11.6. The summed E-state index contributed by atoms with van der Waals surface area (Å²) in [5.74, 6) is 0. The summed E-state index contributed by atoms with van der Waals surface area (Å²) in [6.45, 7) is 3.87. The number of carbonyl (C=O) groups is 1. The molecule has 106 valence electrons. The van der Waals surface area contributed by atoms with Gasteiger partial charge in [-0.1, -0.05) is 24.3 Å². The fourth-order valence-corrected chi connectivity index (χ4v) is 1.73. The SMILES string of the molecule is CCN(CCO)C(=O)NCc1ccc(COC)cc1. The van der Waals surface area contributed by atoms with Gasteiger partial charge in [-0.3, -0.25) is 0 Å². The first-order valence-electron chi connectivity index (χ1n) is 6.41. The first-order chi connectivity index (χ1) is 9.21. The highest BCUT2D eigenvalue weighted by Crippen LogP contribution is 2.05. The highest BCUT2D eigenvalue weighted by molar-refractivity contribution is 5.74. The van der Waals surface area contributed by atoms with Crippen LogP contribution in [-0.4, -0.2) is 42.8 Å². The lowest BCUT2D eigenvalue weighted by Gasteiger charge is -2.20. The number of hydrogen-bond acceptors (Lipinski definition) is 3. The number of ether oxygens (including phenoxy) is 1. The summed E-state index contributed by atoms with van der Waals surface area (Å²) in [5, 5.41) is 11.7. The topological polar surface area (TPSA) is 61.8 Å². The van der Waals surface area contributed by atoms with Crippen LogP contribution in [0.15, 0.2) is 24.3 Å². The van der Waals surface area contributed by atoms with Crippen LogP contribution in [-0.2, 0) is 17.9 Å². The minimum absolute atomic E-state index is 0.0209. The van der Waals surface area contributed by atoms with Crippen molar-refractivity contribution in [2.75, 3.05) is 26.8 Å². The molecule has 2 N–H and O–H groups in total. The van der Waals surface area contributed by atoms with Crippen molar-refractivity contribution >= 4 is 6.03 Å². The molecule has 0 spiro atoms. The molecule has 0 aliphatic carbocycles. The van der Waals surface area contributed by atoms with Crippen molar-refractivity contribution < 1.29 is 14.6 Å². The largest absolute Gasteiger partial charge is 0.395 e. The molecule has 1 rings (SSSR count). The van der Waals surface area contributed by atoms with E-state index in [0.29, 0.717) is 26.2 Å². The van der Waals surface area contributed by atoms with Crippen LogP contribution in [0.4, 0.5) is 4.79 Å². The lowest BCUT2D eigenvalue weighted by Crippen LogP contribution is -2.41. The van der Waals surface area contributed by atoms with Gasteiger partial charge in [0.05, 0.1) is 13.2 Å². The van der Waals surface area contributed by atoms with E-state index in [-0.39, 0.29) is 12.6 Å². The number of rotatable bonds is 7. The second-order valence-electron chi connectivity index (χ2n) is 4.21. The van der Waals surface area contributed by atoms with E-state index in [4.69, 9.17) is 9.84 Å². The average Bonchev–Trinajstić information content (AvgIpc) is 2.44. The standard InChI is InChI=1S/C14H22N2O3/c1-3-16(8-9-17)14(18)15-10-12-4-6-13(7-5-12)11-19-2/h4-7,17H,3,8-11H2,1-2H3,(H,15,18). The summed E-state index contributed by atoms with van der Waals surface area (Å²) in [7, 11) is 1.66. The van der Waals surface area contributed by atoms with E-state index < -0.39 is 0 Å².